The molecule has 0 bridgehead atoms. The quantitative estimate of drug-likeness (QED) is 0.0681. The van der Waals surface area contributed by atoms with Crippen LogP contribution < -0.4 is 20.4 Å². The molecule has 1 amide bonds. The van der Waals surface area contributed by atoms with Gasteiger partial charge in [-0.15, -0.1) is 0 Å². The van der Waals surface area contributed by atoms with Crippen LogP contribution in [-0.2, 0) is 35.2 Å². The Hall–Kier alpha value is -5.63. The lowest BCUT2D eigenvalue weighted by atomic mass is 9.95. The Morgan fingerprint density at radius 2 is 1.48 bits per heavy atom. The van der Waals surface area contributed by atoms with E-state index in [1.807, 2.05) is 12.1 Å². The second-order valence-electron chi connectivity index (χ2n) is 10.00. The molecule has 0 spiro atoms. The summed E-state index contributed by atoms with van der Waals surface area (Å²) in [6.07, 6.45) is -4.96. The molecule has 1 aliphatic heterocycles. The van der Waals surface area contributed by atoms with Crippen LogP contribution in [0.1, 0.15) is 37.3 Å². The Labute approximate surface area is 279 Å². The number of aromatic nitrogens is 1. The minimum absolute atomic E-state index is 0.0137. The maximum atomic E-state index is 12.6. The predicted molar refractivity (Wildman–Crippen MR) is 159 cm³/mol. The number of halogens is 6. The van der Waals surface area contributed by atoms with Gasteiger partial charge < -0.3 is 35.1 Å². The van der Waals surface area contributed by atoms with Gasteiger partial charge in [-0.25, -0.2) is 15.1 Å². The molecule has 21 heteroatoms. The molecule has 0 atom stereocenters. The third-order valence-corrected chi connectivity index (χ3v) is 6.30. The number of nitrogens with zero attached hydrogens (tertiary/aromatic N) is 2. The fourth-order valence-corrected chi connectivity index (χ4v) is 3.91. The van der Waals surface area contributed by atoms with Gasteiger partial charge >= 0.3 is 36.2 Å². The standard InChI is InChI=1S/C25H31N5O6.2C2HF3O2/c1-17(31)36-29-24(26)20-3-2-18(4-5-23(32)33)22(16-20)35-15-12-28-25(34)19-8-13-30(14-9-19)21-6-10-27-11-7-21;2*3-2(4,5)1(6)7/h2-3,6-7,10-11,16,19H,4-5,8-9,12-15H2,1H3,(H2,26,29)(H,28,34)(H,32,33);2*(H,6,7). The van der Waals surface area contributed by atoms with Crippen LogP contribution in [0.5, 0.6) is 5.75 Å². The zero-order valence-electron chi connectivity index (χ0n) is 26.1. The first-order chi connectivity index (χ1) is 23.2. The molecule has 0 aliphatic carbocycles. The molecule has 15 nitrogen and oxygen atoms in total. The number of anilines is 1. The van der Waals surface area contributed by atoms with Crippen LogP contribution in [0.25, 0.3) is 0 Å². The minimum atomic E-state index is -5.08. The molecule has 50 heavy (non-hydrogen) atoms. The van der Waals surface area contributed by atoms with E-state index in [1.165, 1.54) is 6.92 Å². The Bertz CT molecular complexity index is 1440. The van der Waals surface area contributed by atoms with E-state index in [1.54, 1.807) is 30.6 Å². The van der Waals surface area contributed by atoms with Gasteiger partial charge in [0, 0.05) is 56.0 Å². The normalized spacial score (nSPS) is 12.9. The van der Waals surface area contributed by atoms with E-state index < -0.39 is 36.2 Å². The SMILES string of the molecule is CC(=O)ONC(=N)c1ccc(CCC(=O)O)c(OCCNC(=O)C2CCN(c3ccncc3)CC2)c1.O=C(O)C(F)(F)F.O=C(O)C(F)(F)F. The number of carboxylic acids is 3. The lowest BCUT2D eigenvalue weighted by molar-refractivity contribution is -0.193. The van der Waals surface area contributed by atoms with Crippen LogP contribution in [0.15, 0.2) is 42.7 Å². The number of hydrogen-bond donors (Lipinski definition) is 6. The first-order valence-electron chi connectivity index (χ1n) is 14.2. The van der Waals surface area contributed by atoms with Crippen molar-refractivity contribution in [2.75, 3.05) is 31.1 Å². The summed E-state index contributed by atoms with van der Waals surface area (Å²) < 4.78 is 69.3. The van der Waals surface area contributed by atoms with Crippen molar-refractivity contribution in [3.63, 3.8) is 0 Å². The van der Waals surface area contributed by atoms with E-state index in [-0.39, 0.29) is 43.7 Å². The molecule has 1 aromatic carbocycles. The zero-order valence-corrected chi connectivity index (χ0v) is 26.1. The summed E-state index contributed by atoms with van der Waals surface area (Å²) >= 11 is 0. The second kappa shape index (κ2) is 20.0. The van der Waals surface area contributed by atoms with Crippen molar-refractivity contribution in [3.05, 3.63) is 53.9 Å². The number of hydrogen-bond acceptors (Lipinski definition) is 10. The molecule has 2 heterocycles. The van der Waals surface area contributed by atoms with Gasteiger partial charge in [0.05, 0.1) is 6.54 Å². The summed E-state index contributed by atoms with van der Waals surface area (Å²) in [6.45, 7) is 3.27. The summed E-state index contributed by atoms with van der Waals surface area (Å²) in [6, 6.07) is 8.79. The number of carbonyl (C=O) groups excluding carboxylic acids is 2. The fraction of sp³-hybridized carbons (Fsp3) is 0.414. The van der Waals surface area contributed by atoms with E-state index in [0.717, 1.165) is 31.6 Å². The summed E-state index contributed by atoms with van der Waals surface area (Å²) in [5.41, 5.74) is 4.42. The van der Waals surface area contributed by atoms with Crippen molar-refractivity contribution in [3.8, 4) is 5.75 Å². The van der Waals surface area contributed by atoms with Crippen molar-refractivity contribution in [1.82, 2.24) is 15.8 Å². The second-order valence-corrected chi connectivity index (χ2v) is 10.00. The highest BCUT2D eigenvalue weighted by Crippen LogP contribution is 2.24. The highest BCUT2D eigenvalue weighted by atomic mass is 19.4. The van der Waals surface area contributed by atoms with Crippen LogP contribution in [0.3, 0.4) is 0 Å². The number of rotatable bonds is 10. The average molecular weight is 726 g/mol. The molecule has 3 rings (SSSR count). The molecule has 1 aromatic heterocycles. The molecule has 1 fully saturated rings. The summed E-state index contributed by atoms with van der Waals surface area (Å²) in [5, 5.41) is 34.2. The van der Waals surface area contributed by atoms with E-state index in [0.29, 0.717) is 16.9 Å². The zero-order chi connectivity index (χ0) is 38.1. The van der Waals surface area contributed by atoms with Crippen LogP contribution >= 0.6 is 0 Å². The van der Waals surface area contributed by atoms with Gasteiger partial charge in [0.25, 0.3) is 0 Å². The number of ether oxygens (including phenoxy) is 1. The summed E-state index contributed by atoms with van der Waals surface area (Å²) in [5.74, 6) is -6.86. The number of amidine groups is 1. The van der Waals surface area contributed by atoms with Crippen molar-refractivity contribution in [2.24, 2.45) is 5.92 Å². The van der Waals surface area contributed by atoms with E-state index in [4.69, 9.17) is 35.1 Å². The number of pyridine rings is 1. The molecule has 0 saturated carbocycles. The lowest BCUT2D eigenvalue weighted by Crippen LogP contribution is -2.41. The largest absolute Gasteiger partial charge is 0.491 e. The smallest absolute Gasteiger partial charge is 0.490 e. The fourth-order valence-electron chi connectivity index (χ4n) is 3.91. The molecular weight excluding hydrogens is 692 g/mol. The first kappa shape index (κ1) is 42.4. The van der Waals surface area contributed by atoms with Crippen molar-refractivity contribution >= 4 is 41.3 Å². The van der Waals surface area contributed by atoms with E-state index in [9.17, 15) is 40.7 Å². The number of benzene rings is 1. The molecule has 2 aromatic rings. The molecule has 1 saturated heterocycles. The average Bonchev–Trinajstić information content (AvgIpc) is 3.04. The Balaban J connectivity index is 0.000000748. The number of nitrogens with one attached hydrogen (secondary N) is 3. The maximum absolute atomic E-state index is 12.6. The van der Waals surface area contributed by atoms with Gasteiger partial charge in [-0.1, -0.05) is 12.1 Å². The number of hydroxylamine groups is 1. The Kier molecular flexibility index (Phi) is 17.0. The molecule has 6 N–H and O–H groups in total. The number of aliphatic carboxylic acids is 3. The van der Waals surface area contributed by atoms with Crippen molar-refractivity contribution < 1.29 is 75.2 Å². The van der Waals surface area contributed by atoms with Crippen LogP contribution in [0.4, 0.5) is 32.0 Å². The monoisotopic (exact) mass is 725 g/mol. The van der Waals surface area contributed by atoms with Gasteiger partial charge in [-0.05, 0) is 43.0 Å². The first-order valence-corrected chi connectivity index (χ1v) is 14.2. The summed E-state index contributed by atoms with van der Waals surface area (Å²) in [7, 11) is 0. The van der Waals surface area contributed by atoms with Crippen LogP contribution in [-0.4, -0.2) is 94.5 Å². The van der Waals surface area contributed by atoms with Gasteiger partial charge in [0.2, 0.25) is 5.91 Å². The van der Waals surface area contributed by atoms with Crippen molar-refractivity contribution in [1.29, 1.82) is 5.41 Å². The lowest BCUT2D eigenvalue weighted by Gasteiger charge is -2.32. The predicted octanol–water partition coefficient (Wildman–Crippen LogP) is 3.17. The molecule has 276 valence electrons. The Morgan fingerprint density at radius 3 is 1.96 bits per heavy atom. The van der Waals surface area contributed by atoms with Crippen LogP contribution in [0, 0.1) is 11.3 Å². The highest BCUT2D eigenvalue weighted by Gasteiger charge is 2.39. The molecule has 0 radical (unpaired) electrons. The van der Waals surface area contributed by atoms with Crippen molar-refractivity contribution in [2.45, 2.75) is 45.0 Å². The molecule has 1 aliphatic rings. The maximum Gasteiger partial charge on any atom is 0.490 e. The van der Waals surface area contributed by atoms with Gasteiger partial charge in [-0.2, -0.15) is 26.3 Å². The number of aryl methyl sites for hydroxylation is 1. The minimum Gasteiger partial charge on any atom is -0.491 e. The number of amides is 1. The van der Waals surface area contributed by atoms with Gasteiger partial charge in [0.1, 0.15) is 12.4 Å². The van der Waals surface area contributed by atoms with E-state index in [2.05, 4.69) is 25.5 Å². The van der Waals surface area contributed by atoms with Gasteiger partial charge in [-0.3, -0.25) is 24.8 Å². The number of piperidine rings is 1. The third-order valence-electron chi connectivity index (χ3n) is 6.30. The Morgan fingerprint density at radius 1 is 0.940 bits per heavy atom. The van der Waals surface area contributed by atoms with E-state index >= 15 is 0 Å². The topological polar surface area (TPSA) is 229 Å². The number of alkyl halides is 6. The third kappa shape index (κ3) is 16.5. The van der Waals surface area contributed by atoms with Crippen LogP contribution in [0.2, 0.25) is 0 Å². The summed E-state index contributed by atoms with van der Waals surface area (Å²) in [4.78, 5) is 63.3. The van der Waals surface area contributed by atoms with Gasteiger partial charge in [0.15, 0.2) is 5.84 Å². The molecular formula is C29H33F6N5O10. The number of carboxylic acid groups (broad SMARTS) is 3. The number of carbonyl (C=O) groups is 5. The highest BCUT2D eigenvalue weighted by molar-refractivity contribution is 5.96. The molecule has 0 unspecified atom stereocenters.